The first-order chi connectivity index (χ1) is 10.1. The molecule has 2 aliphatic rings. The van der Waals surface area contributed by atoms with Crippen molar-refractivity contribution in [2.24, 2.45) is 11.7 Å². The van der Waals surface area contributed by atoms with E-state index in [4.69, 9.17) is 5.73 Å². The van der Waals surface area contributed by atoms with Gasteiger partial charge in [0.25, 0.3) is 0 Å². The predicted molar refractivity (Wildman–Crippen MR) is 84.0 cm³/mol. The lowest BCUT2D eigenvalue weighted by molar-refractivity contribution is 0.0920. The highest BCUT2D eigenvalue weighted by molar-refractivity contribution is 5.72. The molecule has 5 nitrogen and oxygen atoms in total. The maximum absolute atomic E-state index is 11.6. The maximum atomic E-state index is 11.6. The minimum atomic E-state index is -0.332. The number of nitrogens with zero attached hydrogens (tertiary/aromatic N) is 1. The fraction of sp³-hybridized carbons (Fsp3) is 0.938. The van der Waals surface area contributed by atoms with E-state index >= 15 is 0 Å². The summed E-state index contributed by atoms with van der Waals surface area (Å²) in [7, 11) is 0. The van der Waals surface area contributed by atoms with Gasteiger partial charge in [-0.05, 0) is 38.0 Å². The monoisotopic (exact) mass is 297 g/mol. The SMILES string of the molecule is CCC(O)CC1CC(NC2CCCCC2)CN(C(N)=O)C1. The molecule has 0 aromatic heterocycles. The van der Waals surface area contributed by atoms with E-state index in [1.165, 1.54) is 32.1 Å². The number of nitrogens with one attached hydrogen (secondary N) is 1. The van der Waals surface area contributed by atoms with Gasteiger partial charge in [-0.3, -0.25) is 0 Å². The zero-order valence-electron chi connectivity index (χ0n) is 13.3. The number of carbonyl (C=O) groups is 1. The fourth-order valence-corrected chi connectivity index (χ4v) is 3.83. The van der Waals surface area contributed by atoms with Crippen molar-refractivity contribution in [2.45, 2.75) is 76.5 Å². The van der Waals surface area contributed by atoms with Gasteiger partial charge in [0.15, 0.2) is 0 Å². The Labute approximate surface area is 128 Å². The zero-order chi connectivity index (χ0) is 15.2. The smallest absolute Gasteiger partial charge is 0.314 e. The van der Waals surface area contributed by atoms with Crippen molar-refractivity contribution in [1.82, 2.24) is 10.2 Å². The predicted octanol–water partition coefficient (Wildman–Crippen LogP) is 1.84. The molecule has 3 unspecified atom stereocenters. The third-order valence-electron chi connectivity index (χ3n) is 5.00. The molecule has 0 aromatic carbocycles. The van der Waals surface area contributed by atoms with E-state index in [0.717, 1.165) is 19.3 Å². The summed E-state index contributed by atoms with van der Waals surface area (Å²) < 4.78 is 0. The van der Waals surface area contributed by atoms with Gasteiger partial charge in [0, 0.05) is 25.2 Å². The van der Waals surface area contributed by atoms with Crippen LogP contribution in [0.15, 0.2) is 0 Å². The average Bonchev–Trinajstić information content (AvgIpc) is 2.47. The number of aliphatic hydroxyl groups excluding tert-OH is 1. The first-order valence-corrected chi connectivity index (χ1v) is 8.57. The van der Waals surface area contributed by atoms with Crippen molar-refractivity contribution < 1.29 is 9.90 Å². The Morgan fingerprint density at radius 1 is 1.29 bits per heavy atom. The molecule has 2 fully saturated rings. The molecule has 4 N–H and O–H groups in total. The van der Waals surface area contributed by atoms with Crippen LogP contribution in [0.3, 0.4) is 0 Å². The van der Waals surface area contributed by atoms with E-state index in [1.54, 1.807) is 4.90 Å². The Kier molecular flexibility index (Phi) is 6.30. The molecule has 3 atom stereocenters. The van der Waals surface area contributed by atoms with Crippen LogP contribution < -0.4 is 11.1 Å². The van der Waals surface area contributed by atoms with Gasteiger partial charge in [0.1, 0.15) is 0 Å². The lowest BCUT2D eigenvalue weighted by Crippen LogP contribution is -2.55. The van der Waals surface area contributed by atoms with Crippen LogP contribution in [0.25, 0.3) is 0 Å². The second kappa shape index (κ2) is 7.99. The van der Waals surface area contributed by atoms with E-state index in [9.17, 15) is 9.90 Å². The first-order valence-electron chi connectivity index (χ1n) is 8.57. The topological polar surface area (TPSA) is 78.6 Å². The molecule has 2 amide bonds. The van der Waals surface area contributed by atoms with Crippen molar-refractivity contribution in [2.75, 3.05) is 13.1 Å². The number of amides is 2. The highest BCUT2D eigenvalue weighted by Crippen LogP contribution is 2.25. The molecule has 0 bridgehead atoms. The van der Waals surface area contributed by atoms with Gasteiger partial charge in [-0.1, -0.05) is 26.2 Å². The third-order valence-corrected chi connectivity index (χ3v) is 5.00. The molecule has 5 heteroatoms. The second-order valence-corrected chi connectivity index (χ2v) is 6.84. The highest BCUT2D eigenvalue weighted by atomic mass is 16.3. The molecule has 1 aliphatic carbocycles. The van der Waals surface area contributed by atoms with E-state index in [0.29, 0.717) is 31.1 Å². The number of aliphatic hydroxyl groups is 1. The Morgan fingerprint density at radius 3 is 2.62 bits per heavy atom. The van der Waals surface area contributed by atoms with E-state index in [-0.39, 0.29) is 12.1 Å². The standard InChI is InChI=1S/C16H31N3O2/c1-2-15(20)9-12-8-14(11-19(10-12)16(17)21)18-13-6-4-3-5-7-13/h12-15,18,20H,2-11H2,1H3,(H2,17,21). The zero-order valence-corrected chi connectivity index (χ0v) is 13.3. The van der Waals surface area contributed by atoms with E-state index in [2.05, 4.69) is 5.32 Å². The first kappa shape index (κ1) is 16.6. The van der Waals surface area contributed by atoms with Crippen molar-refractivity contribution >= 4 is 6.03 Å². The van der Waals surface area contributed by atoms with Gasteiger partial charge in [-0.15, -0.1) is 0 Å². The number of urea groups is 1. The molecule has 122 valence electrons. The van der Waals surface area contributed by atoms with Crippen LogP contribution in [0.1, 0.15) is 58.3 Å². The van der Waals surface area contributed by atoms with E-state index in [1.807, 2.05) is 6.92 Å². The van der Waals surface area contributed by atoms with Gasteiger partial charge >= 0.3 is 6.03 Å². The lowest BCUT2D eigenvalue weighted by Gasteiger charge is -2.40. The van der Waals surface area contributed by atoms with Crippen molar-refractivity contribution in [3.63, 3.8) is 0 Å². The molecule has 2 rings (SSSR count). The number of primary amides is 1. The van der Waals surface area contributed by atoms with Crippen molar-refractivity contribution in [3.8, 4) is 0 Å². The number of hydrogen-bond donors (Lipinski definition) is 3. The molecule has 1 aliphatic heterocycles. The van der Waals surface area contributed by atoms with Crippen LogP contribution in [0.2, 0.25) is 0 Å². The van der Waals surface area contributed by atoms with Gasteiger partial charge < -0.3 is 21.1 Å². The number of carbonyl (C=O) groups excluding carboxylic acids is 1. The number of hydrogen-bond acceptors (Lipinski definition) is 3. The minimum Gasteiger partial charge on any atom is -0.393 e. The highest BCUT2D eigenvalue weighted by Gasteiger charge is 2.31. The number of likely N-dealkylation sites (tertiary alicyclic amines) is 1. The van der Waals surface area contributed by atoms with Crippen LogP contribution in [0.4, 0.5) is 4.79 Å². The maximum Gasteiger partial charge on any atom is 0.314 e. The normalized spacial score (nSPS) is 29.3. The summed E-state index contributed by atoms with van der Waals surface area (Å²) in [6.45, 7) is 3.40. The van der Waals surface area contributed by atoms with Gasteiger partial charge in [-0.2, -0.15) is 0 Å². The Morgan fingerprint density at radius 2 is 2.00 bits per heavy atom. The summed E-state index contributed by atoms with van der Waals surface area (Å²) in [5, 5.41) is 13.6. The third kappa shape index (κ3) is 5.15. The molecule has 1 heterocycles. The summed E-state index contributed by atoms with van der Waals surface area (Å²) in [4.78, 5) is 13.3. The summed E-state index contributed by atoms with van der Waals surface area (Å²) in [5.41, 5.74) is 5.48. The molecule has 21 heavy (non-hydrogen) atoms. The molecular formula is C16H31N3O2. The minimum absolute atomic E-state index is 0.266. The van der Waals surface area contributed by atoms with Crippen LogP contribution in [-0.4, -0.2) is 47.3 Å². The van der Waals surface area contributed by atoms with Crippen LogP contribution in [-0.2, 0) is 0 Å². The fourth-order valence-electron chi connectivity index (χ4n) is 3.83. The number of piperidine rings is 1. The van der Waals surface area contributed by atoms with Crippen molar-refractivity contribution in [3.05, 3.63) is 0 Å². The summed E-state index contributed by atoms with van der Waals surface area (Å²) in [6, 6.07) is 0.581. The van der Waals surface area contributed by atoms with Crippen LogP contribution in [0.5, 0.6) is 0 Å². The molecular weight excluding hydrogens is 266 g/mol. The van der Waals surface area contributed by atoms with Gasteiger partial charge in [0.2, 0.25) is 0 Å². The second-order valence-electron chi connectivity index (χ2n) is 6.84. The van der Waals surface area contributed by atoms with Gasteiger partial charge in [0.05, 0.1) is 6.10 Å². The largest absolute Gasteiger partial charge is 0.393 e. The van der Waals surface area contributed by atoms with Crippen molar-refractivity contribution in [1.29, 1.82) is 0 Å². The summed E-state index contributed by atoms with van der Waals surface area (Å²) in [6.07, 6.45) is 8.77. The quantitative estimate of drug-likeness (QED) is 0.724. The summed E-state index contributed by atoms with van der Waals surface area (Å²) >= 11 is 0. The number of nitrogens with two attached hydrogens (primary N) is 1. The molecule has 1 saturated carbocycles. The van der Waals surface area contributed by atoms with Crippen LogP contribution in [0, 0.1) is 5.92 Å². The average molecular weight is 297 g/mol. The Balaban J connectivity index is 1.90. The molecule has 1 saturated heterocycles. The molecule has 0 spiro atoms. The number of rotatable bonds is 5. The van der Waals surface area contributed by atoms with Crippen LogP contribution >= 0.6 is 0 Å². The summed E-state index contributed by atoms with van der Waals surface area (Å²) in [5.74, 6) is 0.349. The molecule has 0 aromatic rings. The Bertz CT molecular complexity index is 331. The van der Waals surface area contributed by atoms with E-state index < -0.39 is 0 Å². The lowest BCUT2D eigenvalue weighted by atomic mass is 9.87. The van der Waals surface area contributed by atoms with Gasteiger partial charge in [-0.25, -0.2) is 4.79 Å². The Hall–Kier alpha value is -0.810. The molecule has 0 radical (unpaired) electrons.